The SMILES string of the molecule is CCOC(=O)c1c(NC2=C(Cl)C(c3ccccc3)C(C#N)=C(N)O2)sc2c1-c1sc(=S)n(-c3ccccc3)c1CC2(C)C. The summed E-state index contributed by atoms with van der Waals surface area (Å²) in [6.45, 7) is 6.30. The molecule has 0 amide bonds. The third kappa shape index (κ3) is 4.96. The van der Waals surface area contributed by atoms with Gasteiger partial charge in [0.15, 0.2) is 3.95 Å². The summed E-state index contributed by atoms with van der Waals surface area (Å²) in [5.41, 5.74) is 10.1. The Kier molecular flexibility index (Phi) is 7.69. The van der Waals surface area contributed by atoms with Crippen molar-refractivity contribution in [2.45, 2.75) is 38.5 Å². The van der Waals surface area contributed by atoms with Gasteiger partial charge in [-0.3, -0.25) is 4.57 Å². The molecule has 7 nitrogen and oxygen atoms in total. The Bertz CT molecular complexity index is 1910. The van der Waals surface area contributed by atoms with Crippen LogP contribution in [0, 0.1) is 15.3 Å². The van der Waals surface area contributed by atoms with Gasteiger partial charge in [-0.2, -0.15) is 5.26 Å². The third-order valence-corrected chi connectivity index (χ3v) is 10.8. The molecule has 0 fully saturated rings. The maximum atomic E-state index is 13.7. The second-order valence-corrected chi connectivity index (χ2v) is 13.8. The smallest absolute Gasteiger partial charge is 0.341 e. The highest BCUT2D eigenvalue weighted by molar-refractivity contribution is 7.73. The molecular formula is C32H27ClN4O3S3. The molecule has 2 aliphatic rings. The van der Waals surface area contributed by atoms with Gasteiger partial charge in [0.1, 0.15) is 22.2 Å². The van der Waals surface area contributed by atoms with Crippen LogP contribution in [0.15, 0.2) is 83.0 Å². The molecule has 1 aliphatic heterocycles. The van der Waals surface area contributed by atoms with Crippen LogP contribution in [0.25, 0.3) is 16.1 Å². The number of thiophene rings is 1. The number of nitrogens with zero attached hydrogens (tertiary/aromatic N) is 2. The number of benzene rings is 2. The van der Waals surface area contributed by atoms with Crippen LogP contribution in [0.4, 0.5) is 5.00 Å². The number of nitrogens with two attached hydrogens (primary N) is 1. The fourth-order valence-electron chi connectivity index (χ4n) is 5.59. The van der Waals surface area contributed by atoms with Crippen LogP contribution in [0.1, 0.15) is 53.2 Å². The summed E-state index contributed by atoms with van der Waals surface area (Å²) in [5, 5.41) is 13.9. The van der Waals surface area contributed by atoms with E-state index in [4.69, 9.17) is 39.0 Å². The molecule has 11 heteroatoms. The second-order valence-electron chi connectivity index (χ2n) is 10.7. The Morgan fingerprint density at radius 1 is 1.21 bits per heavy atom. The van der Waals surface area contributed by atoms with Gasteiger partial charge >= 0.3 is 5.97 Å². The first-order chi connectivity index (χ1) is 20.7. The first kappa shape index (κ1) is 29.2. The molecule has 0 saturated carbocycles. The van der Waals surface area contributed by atoms with Crippen LogP contribution in [0.5, 0.6) is 0 Å². The summed E-state index contributed by atoms with van der Waals surface area (Å²) in [6.07, 6.45) is 0.719. The number of nitriles is 1. The number of hydrogen-bond donors (Lipinski definition) is 2. The molecule has 1 aliphatic carbocycles. The molecule has 0 saturated heterocycles. The molecule has 3 heterocycles. The monoisotopic (exact) mass is 646 g/mol. The van der Waals surface area contributed by atoms with E-state index in [-0.39, 0.29) is 34.4 Å². The van der Waals surface area contributed by atoms with Gasteiger partial charge in [0.2, 0.25) is 11.8 Å². The summed E-state index contributed by atoms with van der Waals surface area (Å²) in [7, 11) is 0. The van der Waals surface area contributed by atoms with Crippen molar-refractivity contribution < 1.29 is 14.3 Å². The highest BCUT2D eigenvalue weighted by Gasteiger charge is 2.42. The quantitative estimate of drug-likeness (QED) is 0.160. The third-order valence-electron chi connectivity index (χ3n) is 7.47. The van der Waals surface area contributed by atoms with Crippen LogP contribution in [0.2, 0.25) is 0 Å². The Balaban J connectivity index is 1.54. The van der Waals surface area contributed by atoms with Crippen molar-refractivity contribution in [1.82, 2.24) is 4.57 Å². The molecule has 2 aromatic heterocycles. The number of para-hydroxylation sites is 1. The highest BCUT2D eigenvalue weighted by atomic mass is 35.5. The Morgan fingerprint density at radius 3 is 2.53 bits per heavy atom. The van der Waals surface area contributed by atoms with E-state index in [1.165, 1.54) is 22.7 Å². The van der Waals surface area contributed by atoms with E-state index in [1.807, 2.05) is 60.7 Å². The summed E-state index contributed by atoms with van der Waals surface area (Å²) in [4.78, 5) is 15.7. The molecule has 2 aromatic carbocycles. The minimum Gasteiger partial charge on any atom is -0.462 e. The average Bonchev–Trinajstić information content (AvgIpc) is 3.53. The average molecular weight is 647 g/mol. The summed E-state index contributed by atoms with van der Waals surface area (Å²) >= 11 is 15.8. The molecule has 0 radical (unpaired) electrons. The van der Waals surface area contributed by atoms with Gasteiger partial charge in [-0.25, -0.2) is 4.79 Å². The van der Waals surface area contributed by atoms with Gasteiger partial charge in [-0.15, -0.1) is 22.7 Å². The first-order valence-electron chi connectivity index (χ1n) is 13.6. The maximum absolute atomic E-state index is 13.7. The van der Waals surface area contributed by atoms with Crippen molar-refractivity contribution in [2.75, 3.05) is 11.9 Å². The van der Waals surface area contributed by atoms with E-state index in [0.717, 1.165) is 38.7 Å². The number of fused-ring (bicyclic) bond motifs is 3. The molecule has 0 bridgehead atoms. The molecule has 0 spiro atoms. The van der Waals surface area contributed by atoms with Gasteiger partial charge in [0.25, 0.3) is 0 Å². The van der Waals surface area contributed by atoms with E-state index in [2.05, 4.69) is 29.8 Å². The number of esters is 1. The van der Waals surface area contributed by atoms with E-state index in [1.54, 1.807) is 6.92 Å². The number of carbonyl (C=O) groups is 1. The number of hydrogen-bond acceptors (Lipinski definition) is 9. The van der Waals surface area contributed by atoms with Gasteiger partial charge in [-0.1, -0.05) is 74.0 Å². The largest absolute Gasteiger partial charge is 0.462 e. The molecule has 218 valence electrons. The van der Waals surface area contributed by atoms with Crippen molar-refractivity contribution in [3.63, 3.8) is 0 Å². The molecule has 4 aromatic rings. The summed E-state index contributed by atoms with van der Waals surface area (Å²) in [5.74, 6) is -0.991. The van der Waals surface area contributed by atoms with E-state index in [0.29, 0.717) is 14.5 Å². The van der Waals surface area contributed by atoms with Crippen molar-refractivity contribution in [1.29, 1.82) is 5.26 Å². The van der Waals surface area contributed by atoms with Crippen LogP contribution in [-0.2, 0) is 21.3 Å². The van der Waals surface area contributed by atoms with Gasteiger partial charge in [0.05, 0.1) is 22.4 Å². The van der Waals surface area contributed by atoms with Gasteiger partial charge in [0, 0.05) is 27.2 Å². The van der Waals surface area contributed by atoms with Crippen LogP contribution in [0.3, 0.4) is 0 Å². The minimum atomic E-state index is -0.627. The first-order valence-corrected chi connectivity index (χ1v) is 16.0. The number of allylic oxidation sites excluding steroid dienone is 2. The minimum absolute atomic E-state index is 0.0530. The zero-order valence-electron chi connectivity index (χ0n) is 23.6. The molecule has 1 unspecified atom stereocenters. The van der Waals surface area contributed by atoms with E-state index >= 15 is 0 Å². The zero-order chi connectivity index (χ0) is 30.5. The second kappa shape index (κ2) is 11.3. The van der Waals surface area contributed by atoms with Gasteiger partial charge in [-0.05, 0) is 43.3 Å². The lowest BCUT2D eigenvalue weighted by Crippen LogP contribution is -2.26. The maximum Gasteiger partial charge on any atom is 0.341 e. The van der Waals surface area contributed by atoms with Crippen molar-refractivity contribution in [3.8, 4) is 22.2 Å². The molecule has 1 atom stereocenters. The number of ether oxygens (including phenoxy) is 2. The lowest BCUT2D eigenvalue weighted by atomic mass is 9.78. The standard InChI is InChI=1S/C32H27ClN4O3S3/c1-4-39-30(38)23-22-25-20(37(31(41)42-25)18-13-9-6-10-14-18)15-32(2,3)26(22)43-29(23)36-28-24(33)21(17-11-7-5-8-12-17)19(16-34)27(35)40-28/h5-14,21,36H,4,15,35H2,1-3H3. The van der Waals surface area contributed by atoms with Crippen molar-refractivity contribution in [2.24, 2.45) is 5.73 Å². The number of rotatable bonds is 6. The lowest BCUT2D eigenvalue weighted by molar-refractivity contribution is 0.0529. The van der Waals surface area contributed by atoms with Crippen LogP contribution in [-0.4, -0.2) is 17.1 Å². The van der Waals surface area contributed by atoms with E-state index in [9.17, 15) is 10.1 Å². The summed E-state index contributed by atoms with van der Waals surface area (Å²) in [6, 6.07) is 21.5. The molecule has 6 rings (SSSR count). The zero-order valence-corrected chi connectivity index (χ0v) is 26.8. The number of aromatic nitrogens is 1. The van der Waals surface area contributed by atoms with Crippen LogP contribution >= 0.6 is 46.5 Å². The predicted octanol–water partition coefficient (Wildman–Crippen LogP) is 8.33. The predicted molar refractivity (Wildman–Crippen MR) is 174 cm³/mol. The number of carbonyl (C=O) groups excluding carboxylic acids is 1. The Labute approximate surface area is 267 Å². The van der Waals surface area contributed by atoms with Crippen molar-refractivity contribution >= 4 is 57.5 Å². The van der Waals surface area contributed by atoms with E-state index < -0.39 is 11.9 Å². The van der Waals surface area contributed by atoms with Crippen LogP contribution < -0.4 is 11.1 Å². The molecule has 3 N–H and O–H groups in total. The van der Waals surface area contributed by atoms with Crippen molar-refractivity contribution in [3.05, 3.63) is 109 Å². The molecular weight excluding hydrogens is 620 g/mol. The number of nitrogens with one attached hydrogen (secondary N) is 1. The number of halogens is 1. The topological polar surface area (TPSA) is 102 Å². The Hall–Kier alpha value is -3.88. The molecule has 43 heavy (non-hydrogen) atoms. The highest BCUT2D eigenvalue weighted by Crippen LogP contribution is 2.55. The fraction of sp³-hybridized carbons (Fsp3) is 0.219. The fourth-order valence-corrected chi connectivity index (χ4v) is 8.80. The lowest BCUT2D eigenvalue weighted by Gasteiger charge is -2.30. The normalized spacial score (nSPS) is 17.0. The summed E-state index contributed by atoms with van der Waals surface area (Å²) < 4.78 is 14.3. The number of anilines is 1. The number of thiazole rings is 1. The Morgan fingerprint density at radius 2 is 1.88 bits per heavy atom. The van der Waals surface area contributed by atoms with Gasteiger partial charge < -0.3 is 20.5 Å².